The number of halogens is 2. The molecule has 2 aromatic carbocycles. The number of likely N-dealkylation sites (N-methyl/N-ethyl adjacent to an activating group) is 2. The maximum absolute atomic E-state index is 12.6. The van der Waals surface area contributed by atoms with Crippen molar-refractivity contribution >= 4 is 43.5 Å². The van der Waals surface area contributed by atoms with Gasteiger partial charge in [0.15, 0.2) is 0 Å². The monoisotopic (exact) mass is 512 g/mol. The van der Waals surface area contributed by atoms with Crippen molar-refractivity contribution in [2.75, 3.05) is 20.6 Å². The summed E-state index contributed by atoms with van der Waals surface area (Å²) in [6.07, 6.45) is 0. The van der Waals surface area contributed by atoms with Crippen molar-refractivity contribution in [3.8, 4) is 11.4 Å². The van der Waals surface area contributed by atoms with Gasteiger partial charge in [0.25, 0.3) is 0 Å². The first-order valence-corrected chi connectivity index (χ1v) is 11.3. The molecule has 0 N–H and O–H groups in total. The molecule has 3 aromatic rings. The van der Waals surface area contributed by atoms with E-state index in [2.05, 4.69) is 26.1 Å². The number of nitrogens with zero attached hydrogens (tertiary/aromatic N) is 4. The van der Waals surface area contributed by atoms with E-state index in [0.29, 0.717) is 10.8 Å². The van der Waals surface area contributed by atoms with Gasteiger partial charge >= 0.3 is 0 Å². The highest BCUT2D eigenvalue weighted by molar-refractivity contribution is 9.10. The fourth-order valence-electron chi connectivity index (χ4n) is 2.54. The highest BCUT2D eigenvalue weighted by Gasteiger charge is 2.25. The molecule has 0 radical (unpaired) electrons. The largest absolute Gasteiger partial charge is 0.337 e. The van der Waals surface area contributed by atoms with E-state index in [-0.39, 0.29) is 23.9 Å². The van der Waals surface area contributed by atoms with Gasteiger partial charge in [0.1, 0.15) is 0 Å². The third-order valence-electron chi connectivity index (χ3n) is 4.23. The summed E-state index contributed by atoms with van der Waals surface area (Å²) in [5.41, 5.74) is 0.766. The smallest absolute Gasteiger partial charge is 0.246 e. The van der Waals surface area contributed by atoms with E-state index in [4.69, 9.17) is 16.1 Å². The van der Waals surface area contributed by atoms with Crippen LogP contribution in [0.25, 0.3) is 11.4 Å². The van der Waals surface area contributed by atoms with Crippen LogP contribution in [0.15, 0.2) is 62.4 Å². The first-order chi connectivity index (χ1) is 14.2. The third kappa shape index (κ3) is 5.25. The Bertz CT molecular complexity index is 1150. The fourth-order valence-corrected chi connectivity index (χ4v) is 4.18. The molecular formula is C19H18BrClN4O4S. The zero-order valence-corrected chi connectivity index (χ0v) is 19.3. The van der Waals surface area contributed by atoms with Crippen molar-refractivity contribution in [3.05, 3.63) is 63.9 Å². The van der Waals surface area contributed by atoms with Crippen LogP contribution >= 0.6 is 27.5 Å². The van der Waals surface area contributed by atoms with Crippen LogP contribution in [0.4, 0.5) is 0 Å². The zero-order valence-electron chi connectivity index (χ0n) is 16.1. The molecule has 158 valence electrons. The Morgan fingerprint density at radius 3 is 2.53 bits per heavy atom. The van der Waals surface area contributed by atoms with Gasteiger partial charge in [-0.3, -0.25) is 4.79 Å². The standard InChI is InChI=1S/C19H18BrClN4O4S/c1-24(11-17-22-19(23-29-17)13-4-3-5-14(20)10-13)18(26)12-25(2)30(27,28)16-8-6-15(21)7-9-16/h3-10H,11-12H2,1-2H3. The summed E-state index contributed by atoms with van der Waals surface area (Å²) in [5, 5.41) is 4.35. The maximum atomic E-state index is 12.6. The van der Waals surface area contributed by atoms with Crippen LogP contribution in [-0.4, -0.2) is 54.3 Å². The van der Waals surface area contributed by atoms with Gasteiger partial charge in [-0.05, 0) is 36.4 Å². The predicted molar refractivity (Wildman–Crippen MR) is 115 cm³/mol. The second-order valence-electron chi connectivity index (χ2n) is 6.49. The molecule has 0 aliphatic rings. The lowest BCUT2D eigenvalue weighted by Crippen LogP contribution is -2.39. The van der Waals surface area contributed by atoms with Crippen LogP contribution < -0.4 is 0 Å². The lowest BCUT2D eigenvalue weighted by atomic mass is 10.2. The van der Waals surface area contributed by atoms with Crippen molar-refractivity contribution in [1.29, 1.82) is 0 Å². The number of hydrogen-bond acceptors (Lipinski definition) is 6. The number of carbonyl (C=O) groups is 1. The summed E-state index contributed by atoms with van der Waals surface area (Å²) < 4.78 is 32.3. The number of carbonyl (C=O) groups excluding carboxylic acids is 1. The van der Waals surface area contributed by atoms with E-state index < -0.39 is 15.9 Å². The number of amides is 1. The zero-order chi connectivity index (χ0) is 21.9. The van der Waals surface area contributed by atoms with Gasteiger partial charge < -0.3 is 9.42 Å². The summed E-state index contributed by atoms with van der Waals surface area (Å²) in [6.45, 7) is -0.289. The first kappa shape index (κ1) is 22.4. The molecule has 0 aliphatic carbocycles. The first-order valence-electron chi connectivity index (χ1n) is 8.71. The van der Waals surface area contributed by atoms with Gasteiger partial charge in [0.2, 0.25) is 27.6 Å². The SMILES string of the molecule is CN(Cc1nc(-c2cccc(Br)c2)no1)C(=O)CN(C)S(=O)(=O)c1ccc(Cl)cc1. The number of hydrogen-bond donors (Lipinski definition) is 0. The third-order valence-corrected chi connectivity index (χ3v) is 6.79. The quantitative estimate of drug-likeness (QED) is 0.480. The van der Waals surface area contributed by atoms with Gasteiger partial charge in [-0.15, -0.1) is 0 Å². The predicted octanol–water partition coefficient (Wildman–Crippen LogP) is 3.43. The van der Waals surface area contributed by atoms with E-state index in [1.807, 2.05) is 24.3 Å². The minimum atomic E-state index is -3.82. The molecule has 0 saturated carbocycles. The Labute approximate surface area is 187 Å². The van der Waals surface area contributed by atoms with Crippen molar-refractivity contribution in [2.24, 2.45) is 0 Å². The van der Waals surface area contributed by atoms with E-state index in [9.17, 15) is 13.2 Å². The molecule has 1 heterocycles. The Hall–Kier alpha value is -2.27. The molecule has 8 nitrogen and oxygen atoms in total. The molecular weight excluding hydrogens is 496 g/mol. The average Bonchev–Trinajstić information content (AvgIpc) is 3.16. The van der Waals surface area contributed by atoms with Gasteiger partial charge in [-0.1, -0.05) is 44.8 Å². The van der Waals surface area contributed by atoms with Gasteiger partial charge in [-0.2, -0.15) is 9.29 Å². The molecule has 0 bridgehead atoms. The highest BCUT2D eigenvalue weighted by atomic mass is 79.9. The molecule has 1 aromatic heterocycles. The van der Waals surface area contributed by atoms with Gasteiger partial charge in [0.05, 0.1) is 18.0 Å². The van der Waals surface area contributed by atoms with Crippen molar-refractivity contribution in [3.63, 3.8) is 0 Å². The molecule has 30 heavy (non-hydrogen) atoms. The Kier molecular flexibility index (Phi) is 6.91. The number of aromatic nitrogens is 2. The van der Waals surface area contributed by atoms with Crippen LogP contribution in [0.1, 0.15) is 5.89 Å². The fraction of sp³-hybridized carbons (Fsp3) is 0.211. The summed E-state index contributed by atoms with van der Waals surface area (Å²) in [4.78, 5) is 18.2. The molecule has 0 saturated heterocycles. The second kappa shape index (κ2) is 9.25. The molecule has 3 rings (SSSR count). The molecule has 0 aliphatic heterocycles. The van der Waals surface area contributed by atoms with Crippen molar-refractivity contribution in [1.82, 2.24) is 19.3 Å². The topological polar surface area (TPSA) is 96.6 Å². The number of sulfonamides is 1. The van der Waals surface area contributed by atoms with Gasteiger partial charge in [-0.25, -0.2) is 8.42 Å². The second-order valence-corrected chi connectivity index (χ2v) is 9.88. The summed E-state index contributed by atoms with van der Waals surface area (Å²) >= 11 is 9.19. The van der Waals surface area contributed by atoms with Crippen LogP contribution in [0.2, 0.25) is 5.02 Å². The summed E-state index contributed by atoms with van der Waals surface area (Å²) in [7, 11) is -0.945. The lowest BCUT2D eigenvalue weighted by molar-refractivity contribution is -0.130. The van der Waals surface area contributed by atoms with E-state index >= 15 is 0 Å². The van der Waals surface area contributed by atoms with Crippen molar-refractivity contribution < 1.29 is 17.7 Å². The average molecular weight is 514 g/mol. The molecule has 0 atom stereocenters. The highest BCUT2D eigenvalue weighted by Crippen LogP contribution is 2.21. The van der Waals surface area contributed by atoms with Crippen LogP contribution in [0.5, 0.6) is 0 Å². The van der Waals surface area contributed by atoms with Crippen molar-refractivity contribution in [2.45, 2.75) is 11.4 Å². The Morgan fingerprint density at radius 1 is 1.17 bits per heavy atom. The molecule has 0 fully saturated rings. The molecule has 1 amide bonds. The maximum Gasteiger partial charge on any atom is 0.246 e. The van der Waals surface area contributed by atoms with Crippen LogP contribution in [0, 0.1) is 0 Å². The van der Waals surface area contributed by atoms with Gasteiger partial charge in [0, 0.05) is 29.2 Å². The molecule has 0 unspecified atom stereocenters. The van der Waals surface area contributed by atoms with Crippen LogP contribution in [0.3, 0.4) is 0 Å². The van der Waals surface area contributed by atoms with Crippen LogP contribution in [-0.2, 0) is 21.4 Å². The minimum Gasteiger partial charge on any atom is -0.337 e. The normalized spacial score (nSPS) is 11.6. The summed E-state index contributed by atoms with van der Waals surface area (Å²) in [6, 6.07) is 13.2. The molecule has 11 heteroatoms. The Balaban J connectivity index is 1.64. The molecule has 0 spiro atoms. The lowest BCUT2D eigenvalue weighted by Gasteiger charge is -2.20. The Morgan fingerprint density at radius 2 is 1.87 bits per heavy atom. The number of rotatable bonds is 7. The number of benzene rings is 2. The van der Waals surface area contributed by atoms with E-state index in [1.165, 1.54) is 43.3 Å². The van der Waals surface area contributed by atoms with E-state index in [0.717, 1.165) is 14.3 Å². The van der Waals surface area contributed by atoms with E-state index in [1.54, 1.807) is 0 Å². The minimum absolute atomic E-state index is 0.0503. The summed E-state index contributed by atoms with van der Waals surface area (Å²) in [5.74, 6) is 0.218.